The van der Waals surface area contributed by atoms with Crippen molar-refractivity contribution >= 4 is 11.8 Å². The molecule has 0 aliphatic rings. The molecule has 0 aliphatic carbocycles. The second kappa shape index (κ2) is 7.55. The fourth-order valence-electron chi connectivity index (χ4n) is 2.44. The molecule has 2 nitrogen and oxygen atoms in total. The van der Waals surface area contributed by atoms with Crippen LogP contribution >= 0.6 is 0 Å². The fraction of sp³-hybridized carbons (Fsp3) is 0.0952. The molecule has 3 aromatic rings. The van der Waals surface area contributed by atoms with E-state index >= 15 is 0 Å². The molecule has 3 rings (SSSR count). The quantitative estimate of drug-likeness (QED) is 0.588. The van der Waals surface area contributed by atoms with E-state index in [4.69, 9.17) is 0 Å². The van der Waals surface area contributed by atoms with E-state index in [1.807, 2.05) is 73.7 Å². The van der Waals surface area contributed by atoms with Gasteiger partial charge in [-0.15, -0.1) is 0 Å². The molecule has 0 unspecified atom stereocenters. The molecule has 1 aromatic heterocycles. The Morgan fingerprint density at radius 2 is 1.67 bits per heavy atom. The van der Waals surface area contributed by atoms with E-state index in [-0.39, 0.29) is 5.95 Å². The smallest absolute Gasteiger partial charge is 0.196 e. The van der Waals surface area contributed by atoms with Crippen molar-refractivity contribution in [2.24, 2.45) is 0 Å². The van der Waals surface area contributed by atoms with Crippen LogP contribution in [0.5, 0.6) is 0 Å². The van der Waals surface area contributed by atoms with Crippen molar-refractivity contribution in [2.75, 3.05) is 4.90 Å². The zero-order valence-corrected chi connectivity index (χ0v) is 13.6. The van der Waals surface area contributed by atoms with Crippen molar-refractivity contribution in [3.05, 3.63) is 102 Å². The summed E-state index contributed by atoms with van der Waals surface area (Å²) in [5.74, 6) is -0.332. The molecule has 0 aliphatic heterocycles. The Morgan fingerprint density at radius 3 is 2.33 bits per heavy atom. The number of rotatable bonds is 5. The van der Waals surface area contributed by atoms with Gasteiger partial charge in [0, 0.05) is 18.0 Å². The van der Waals surface area contributed by atoms with E-state index in [0.29, 0.717) is 12.2 Å². The standard InChI is InChI=1S/C21H19FN2/c1-17-10-12-20(13-11-17)24(16-18-7-3-2-4-8-18)21(22)15-19-9-5-6-14-23-19/h2-15H,16H2,1H3/b21-15-. The number of halogens is 1. The van der Waals surface area contributed by atoms with E-state index in [2.05, 4.69) is 4.98 Å². The van der Waals surface area contributed by atoms with Gasteiger partial charge in [-0.1, -0.05) is 54.1 Å². The number of nitrogens with zero attached hydrogens (tertiary/aromatic N) is 2. The SMILES string of the molecule is Cc1ccc(N(Cc2ccccc2)/C(F)=C\c2ccccn2)cc1. The second-order valence-electron chi connectivity index (χ2n) is 5.63. The minimum atomic E-state index is -0.332. The highest BCUT2D eigenvalue weighted by molar-refractivity contribution is 5.59. The highest BCUT2D eigenvalue weighted by Gasteiger charge is 2.13. The number of pyridine rings is 1. The highest BCUT2D eigenvalue weighted by atomic mass is 19.1. The van der Waals surface area contributed by atoms with Crippen LogP contribution in [0.25, 0.3) is 6.08 Å². The van der Waals surface area contributed by atoms with E-state index < -0.39 is 0 Å². The first-order valence-electron chi connectivity index (χ1n) is 7.89. The van der Waals surface area contributed by atoms with Gasteiger partial charge in [0.25, 0.3) is 0 Å². The molecule has 24 heavy (non-hydrogen) atoms. The predicted octanol–water partition coefficient (Wildman–Crippen LogP) is 5.36. The number of aryl methyl sites for hydroxylation is 1. The molecule has 0 bridgehead atoms. The minimum absolute atomic E-state index is 0.332. The van der Waals surface area contributed by atoms with Crippen molar-refractivity contribution < 1.29 is 4.39 Å². The van der Waals surface area contributed by atoms with Crippen LogP contribution in [0.1, 0.15) is 16.8 Å². The first-order valence-corrected chi connectivity index (χ1v) is 7.89. The Labute approximate surface area is 141 Å². The summed E-state index contributed by atoms with van der Waals surface area (Å²) < 4.78 is 15.0. The molecule has 0 spiro atoms. The van der Waals surface area contributed by atoms with E-state index in [1.54, 1.807) is 17.2 Å². The molecular formula is C21H19FN2. The van der Waals surface area contributed by atoms with Crippen LogP contribution in [-0.2, 0) is 6.54 Å². The van der Waals surface area contributed by atoms with Crippen LogP contribution in [0, 0.1) is 6.92 Å². The third-order valence-corrected chi connectivity index (χ3v) is 3.74. The van der Waals surface area contributed by atoms with Crippen LogP contribution in [0.2, 0.25) is 0 Å². The highest BCUT2D eigenvalue weighted by Crippen LogP contribution is 2.24. The van der Waals surface area contributed by atoms with Crippen LogP contribution in [0.3, 0.4) is 0 Å². The van der Waals surface area contributed by atoms with E-state index in [1.165, 1.54) is 6.08 Å². The Hall–Kier alpha value is -2.94. The molecule has 3 heteroatoms. The van der Waals surface area contributed by atoms with Crippen molar-refractivity contribution in [2.45, 2.75) is 13.5 Å². The summed E-state index contributed by atoms with van der Waals surface area (Å²) in [4.78, 5) is 5.83. The number of anilines is 1. The van der Waals surface area contributed by atoms with Gasteiger partial charge in [0.1, 0.15) is 0 Å². The summed E-state index contributed by atoms with van der Waals surface area (Å²) in [5, 5.41) is 0. The largest absolute Gasteiger partial charge is 0.314 e. The van der Waals surface area contributed by atoms with Crippen molar-refractivity contribution in [1.82, 2.24) is 4.98 Å². The van der Waals surface area contributed by atoms with Gasteiger partial charge >= 0.3 is 0 Å². The van der Waals surface area contributed by atoms with Gasteiger partial charge in [0.05, 0.1) is 12.2 Å². The number of aromatic nitrogens is 1. The summed E-state index contributed by atoms with van der Waals surface area (Å²) in [6.07, 6.45) is 3.12. The normalized spacial score (nSPS) is 11.3. The molecule has 0 radical (unpaired) electrons. The Bertz CT molecular complexity index is 796. The maximum Gasteiger partial charge on any atom is 0.196 e. The number of benzene rings is 2. The molecule has 0 saturated carbocycles. The van der Waals surface area contributed by atoms with Gasteiger partial charge in [-0.2, -0.15) is 4.39 Å². The summed E-state index contributed by atoms with van der Waals surface area (Å²) in [5.41, 5.74) is 3.60. The van der Waals surface area contributed by atoms with Gasteiger partial charge in [0.2, 0.25) is 0 Å². The lowest BCUT2D eigenvalue weighted by molar-refractivity contribution is 0.593. The second-order valence-corrected chi connectivity index (χ2v) is 5.63. The predicted molar refractivity (Wildman–Crippen MR) is 97.1 cm³/mol. The monoisotopic (exact) mass is 318 g/mol. The van der Waals surface area contributed by atoms with Crippen LogP contribution in [0.4, 0.5) is 10.1 Å². The summed E-state index contributed by atoms with van der Waals surface area (Å²) in [6.45, 7) is 2.48. The molecule has 1 heterocycles. The van der Waals surface area contributed by atoms with Gasteiger partial charge in [-0.3, -0.25) is 4.98 Å². The van der Waals surface area contributed by atoms with Gasteiger partial charge < -0.3 is 4.90 Å². The topological polar surface area (TPSA) is 16.1 Å². The molecule has 0 amide bonds. The zero-order chi connectivity index (χ0) is 16.8. The first-order chi connectivity index (χ1) is 11.7. The van der Waals surface area contributed by atoms with Gasteiger partial charge in [0.15, 0.2) is 5.95 Å². The molecule has 0 atom stereocenters. The maximum absolute atomic E-state index is 15.0. The fourth-order valence-corrected chi connectivity index (χ4v) is 2.44. The third-order valence-electron chi connectivity index (χ3n) is 3.74. The lowest BCUT2D eigenvalue weighted by Crippen LogP contribution is -2.19. The molecular weight excluding hydrogens is 299 g/mol. The van der Waals surface area contributed by atoms with Crippen LogP contribution in [0.15, 0.2) is 84.9 Å². The molecule has 0 saturated heterocycles. The lowest BCUT2D eigenvalue weighted by Gasteiger charge is -2.23. The number of hydrogen-bond donors (Lipinski definition) is 0. The van der Waals surface area contributed by atoms with Crippen molar-refractivity contribution in [3.8, 4) is 0 Å². The Balaban J connectivity index is 1.94. The van der Waals surface area contributed by atoms with E-state index in [0.717, 1.165) is 16.8 Å². The maximum atomic E-state index is 15.0. The lowest BCUT2D eigenvalue weighted by atomic mass is 10.1. The minimum Gasteiger partial charge on any atom is -0.314 e. The zero-order valence-electron chi connectivity index (χ0n) is 13.6. The first kappa shape index (κ1) is 15.9. The summed E-state index contributed by atoms with van der Waals surface area (Å²) in [7, 11) is 0. The average Bonchev–Trinajstić information content (AvgIpc) is 2.62. The average molecular weight is 318 g/mol. The Morgan fingerprint density at radius 1 is 0.958 bits per heavy atom. The molecule has 2 aromatic carbocycles. The van der Waals surface area contributed by atoms with Crippen LogP contribution < -0.4 is 4.90 Å². The molecule has 0 fully saturated rings. The van der Waals surface area contributed by atoms with Crippen molar-refractivity contribution in [3.63, 3.8) is 0 Å². The van der Waals surface area contributed by atoms with Crippen LogP contribution in [-0.4, -0.2) is 4.98 Å². The molecule has 0 N–H and O–H groups in total. The van der Waals surface area contributed by atoms with Gasteiger partial charge in [-0.05, 0) is 36.8 Å². The summed E-state index contributed by atoms with van der Waals surface area (Å²) >= 11 is 0. The van der Waals surface area contributed by atoms with Gasteiger partial charge in [-0.25, -0.2) is 0 Å². The van der Waals surface area contributed by atoms with E-state index in [9.17, 15) is 4.39 Å². The Kier molecular flexibility index (Phi) is 5.02. The summed E-state index contributed by atoms with van der Waals surface area (Å²) in [6, 6.07) is 23.2. The van der Waals surface area contributed by atoms with Crippen molar-refractivity contribution in [1.29, 1.82) is 0 Å². The third kappa shape index (κ3) is 4.07. The number of hydrogen-bond acceptors (Lipinski definition) is 2. The molecule has 120 valence electrons.